The van der Waals surface area contributed by atoms with E-state index >= 15 is 0 Å². The molecule has 26 heavy (non-hydrogen) atoms. The molecule has 5 nitrogen and oxygen atoms in total. The molecule has 0 saturated heterocycles. The molecule has 1 heterocycles. The van der Waals surface area contributed by atoms with E-state index < -0.39 is 0 Å². The van der Waals surface area contributed by atoms with Crippen molar-refractivity contribution in [1.82, 2.24) is 9.78 Å². The van der Waals surface area contributed by atoms with Crippen molar-refractivity contribution >= 4 is 0 Å². The van der Waals surface area contributed by atoms with Crippen LogP contribution in [-0.2, 0) is 6.54 Å². The highest BCUT2D eigenvalue weighted by atomic mass is 16.5. The molecule has 5 heteroatoms. The molecule has 1 aromatic heterocycles. The molecule has 0 N–H and O–H groups in total. The molecular weight excluding hydrogens is 326 g/mol. The first-order valence-electron chi connectivity index (χ1n) is 8.24. The normalized spacial score (nSPS) is 10.4. The fourth-order valence-corrected chi connectivity index (χ4v) is 2.96. The van der Waals surface area contributed by atoms with Crippen LogP contribution in [-0.4, -0.2) is 16.9 Å². The molecule has 2 aromatic carbocycles. The van der Waals surface area contributed by atoms with Gasteiger partial charge in [0, 0.05) is 11.6 Å². The maximum Gasteiger partial charge on any atom is 0.267 e. The second kappa shape index (κ2) is 7.24. The van der Waals surface area contributed by atoms with Gasteiger partial charge in [-0.3, -0.25) is 4.79 Å². The molecule has 0 radical (unpaired) electrons. The zero-order valence-electron chi connectivity index (χ0n) is 15.0. The van der Waals surface area contributed by atoms with Crippen LogP contribution in [0.4, 0.5) is 0 Å². The van der Waals surface area contributed by atoms with Crippen molar-refractivity contribution in [3.05, 3.63) is 81.1 Å². The highest BCUT2D eigenvalue weighted by Crippen LogP contribution is 2.22. The van der Waals surface area contributed by atoms with Gasteiger partial charge in [-0.25, -0.2) is 4.68 Å². The van der Waals surface area contributed by atoms with E-state index in [1.807, 2.05) is 50.2 Å². The second-order valence-corrected chi connectivity index (χ2v) is 6.15. The average Bonchev–Trinajstić information content (AvgIpc) is 2.65. The van der Waals surface area contributed by atoms with Crippen LogP contribution in [0.1, 0.15) is 22.3 Å². The fourth-order valence-electron chi connectivity index (χ4n) is 2.96. The molecule has 3 aromatic rings. The van der Waals surface area contributed by atoms with Crippen LogP contribution < -0.4 is 10.3 Å². The second-order valence-electron chi connectivity index (χ2n) is 6.15. The van der Waals surface area contributed by atoms with Crippen molar-refractivity contribution in [2.75, 3.05) is 7.11 Å². The predicted octanol–water partition coefficient (Wildman–Crippen LogP) is 3.46. The molecular formula is C21H19N3O2. The minimum Gasteiger partial charge on any atom is -0.497 e. The molecule has 0 fully saturated rings. The summed E-state index contributed by atoms with van der Waals surface area (Å²) in [6, 6.07) is 16.6. The van der Waals surface area contributed by atoms with Gasteiger partial charge in [-0.2, -0.15) is 10.4 Å². The van der Waals surface area contributed by atoms with Gasteiger partial charge < -0.3 is 4.74 Å². The van der Waals surface area contributed by atoms with Crippen LogP contribution in [0.2, 0.25) is 0 Å². The van der Waals surface area contributed by atoms with Crippen LogP contribution in [0.25, 0.3) is 11.3 Å². The lowest BCUT2D eigenvalue weighted by Gasteiger charge is -2.13. The third-order valence-corrected chi connectivity index (χ3v) is 4.37. The highest BCUT2D eigenvalue weighted by molar-refractivity contribution is 5.60. The summed E-state index contributed by atoms with van der Waals surface area (Å²) in [6.45, 7) is 4.25. The van der Waals surface area contributed by atoms with Gasteiger partial charge in [-0.1, -0.05) is 12.1 Å². The minimum absolute atomic E-state index is 0.167. The van der Waals surface area contributed by atoms with Crippen LogP contribution in [0.5, 0.6) is 5.75 Å². The number of aryl methyl sites for hydroxylation is 2. The van der Waals surface area contributed by atoms with E-state index in [-0.39, 0.29) is 5.56 Å². The number of aromatic nitrogens is 2. The maximum atomic E-state index is 12.3. The molecule has 0 bridgehead atoms. The average molecular weight is 345 g/mol. The Balaban J connectivity index is 2.02. The number of hydrogen-bond acceptors (Lipinski definition) is 4. The molecule has 0 aliphatic carbocycles. The Hall–Kier alpha value is -3.39. The molecule has 0 unspecified atom stereocenters. The Morgan fingerprint density at radius 2 is 1.85 bits per heavy atom. The number of benzene rings is 2. The molecule has 130 valence electrons. The zero-order valence-corrected chi connectivity index (χ0v) is 15.0. The Bertz CT molecular complexity index is 1040. The van der Waals surface area contributed by atoms with Crippen molar-refractivity contribution in [3.63, 3.8) is 0 Å². The largest absolute Gasteiger partial charge is 0.497 e. The number of ether oxygens (including phenoxy) is 1. The molecule has 0 saturated carbocycles. The van der Waals surface area contributed by atoms with Gasteiger partial charge in [0.15, 0.2) is 0 Å². The van der Waals surface area contributed by atoms with Gasteiger partial charge in [0.1, 0.15) is 5.75 Å². The molecule has 0 atom stereocenters. The lowest BCUT2D eigenvalue weighted by molar-refractivity contribution is 0.415. The molecule has 0 aliphatic heterocycles. The summed E-state index contributed by atoms with van der Waals surface area (Å²) in [5, 5.41) is 13.6. The SMILES string of the molecule is COc1cccc(-c2ccc(=O)n(Cc3c(C)cc(C#N)cc3C)n2)c1. The molecule has 3 rings (SSSR count). The number of methoxy groups -OCH3 is 1. The van der Waals surface area contributed by atoms with Gasteiger partial charge >= 0.3 is 0 Å². The highest BCUT2D eigenvalue weighted by Gasteiger charge is 2.10. The van der Waals surface area contributed by atoms with Gasteiger partial charge in [0.2, 0.25) is 0 Å². The van der Waals surface area contributed by atoms with E-state index in [4.69, 9.17) is 10.00 Å². The van der Waals surface area contributed by atoms with Gasteiger partial charge in [0.25, 0.3) is 5.56 Å². The standard InChI is InChI=1S/C21H19N3O2/c1-14-9-16(12-22)10-15(2)19(14)13-24-21(25)8-7-20(23-24)17-5-4-6-18(11-17)26-3/h4-11H,13H2,1-3H3. The third-order valence-electron chi connectivity index (χ3n) is 4.37. The molecule has 0 aliphatic rings. The van der Waals surface area contributed by atoms with E-state index in [0.29, 0.717) is 17.8 Å². The van der Waals surface area contributed by atoms with Crippen LogP contribution in [0.15, 0.2) is 53.3 Å². The van der Waals surface area contributed by atoms with Gasteiger partial charge in [0.05, 0.1) is 31.0 Å². The number of hydrogen-bond donors (Lipinski definition) is 0. The number of nitriles is 1. The summed E-state index contributed by atoms with van der Waals surface area (Å²) in [6.07, 6.45) is 0. The lowest BCUT2D eigenvalue weighted by Crippen LogP contribution is -2.23. The summed E-state index contributed by atoms with van der Waals surface area (Å²) < 4.78 is 6.71. The number of nitrogens with zero attached hydrogens (tertiary/aromatic N) is 3. The minimum atomic E-state index is -0.167. The Morgan fingerprint density at radius 1 is 1.12 bits per heavy atom. The smallest absolute Gasteiger partial charge is 0.267 e. The van der Waals surface area contributed by atoms with Gasteiger partial charge in [-0.15, -0.1) is 0 Å². The first kappa shape index (κ1) is 17.4. The first-order chi connectivity index (χ1) is 12.5. The zero-order chi connectivity index (χ0) is 18.7. The quantitative estimate of drug-likeness (QED) is 0.726. The summed E-state index contributed by atoms with van der Waals surface area (Å²) in [4.78, 5) is 12.3. The van der Waals surface area contributed by atoms with E-state index in [0.717, 1.165) is 28.0 Å². The summed E-state index contributed by atoms with van der Waals surface area (Å²) in [5.41, 5.74) is 4.98. The monoisotopic (exact) mass is 345 g/mol. The predicted molar refractivity (Wildman–Crippen MR) is 100 cm³/mol. The number of rotatable bonds is 4. The Kier molecular flexibility index (Phi) is 4.85. The van der Waals surface area contributed by atoms with Crippen LogP contribution in [0.3, 0.4) is 0 Å². The molecule has 0 amide bonds. The van der Waals surface area contributed by atoms with Crippen molar-refractivity contribution in [3.8, 4) is 23.1 Å². The Labute approximate surface area is 152 Å². The van der Waals surface area contributed by atoms with E-state index in [1.165, 1.54) is 10.7 Å². The Morgan fingerprint density at radius 3 is 2.50 bits per heavy atom. The van der Waals surface area contributed by atoms with Crippen LogP contribution in [0, 0.1) is 25.2 Å². The summed E-state index contributed by atoms with van der Waals surface area (Å²) in [7, 11) is 1.61. The molecule has 0 spiro atoms. The van der Waals surface area contributed by atoms with Crippen LogP contribution >= 0.6 is 0 Å². The van der Waals surface area contributed by atoms with Crippen molar-refractivity contribution < 1.29 is 4.74 Å². The van der Waals surface area contributed by atoms with E-state index in [9.17, 15) is 4.79 Å². The van der Waals surface area contributed by atoms with Gasteiger partial charge in [-0.05, 0) is 60.9 Å². The van der Waals surface area contributed by atoms with E-state index in [2.05, 4.69) is 11.2 Å². The summed E-state index contributed by atoms with van der Waals surface area (Å²) in [5.74, 6) is 0.737. The lowest BCUT2D eigenvalue weighted by atomic mass is 10.00. The topological polar surface area (TPSA) is 67.9 Å². The van der Waals surface area contributed by atoms with Crippen molar-refractivity contribution in [2.45, 2.75) is 20.4 Å². The fraction of sp³-hybridized carbons (Fsp3) is 0.190. The first-order valence-corrected chi connectivity index (χ1v) is 8.24. The van der Waals surface area contributed by atoms with Crippen molar-refractivity contribution in [1.29, 1.82) is 5.26 Å². The van der Waals surface area contributed by atoms with Crippen molar-refractivity contribution in [2.24, 2.45) is 0 Å². The summed E-state index contributed by atoms with van der Waals surface area (Å²) >= 11 is 0. The van der Waals surface area contributed by atoms with E-state index in [1.54, 1.807) is 13.2 Å². The maximum absolute atomic E-state index is 12.3. The third kappa shape index (κ3) is 3.50.